The zero-order valence-electron chi connectivity index (χ0n) is 8.56. The maximum atomic E-state index is 11.9. The molecule has 0 aliphatic rings. The molecule has 0 spiro atoms. The largest absolute Gasteiger partial charge is 0.482 e. The normalized spacial score (nSPS) is 11.1. The Bertz CT molecular complexity index is 486. The highest BCUT2D eigenvalue weighted by molar-refractivity contribution is 5.92. The molecule has 0 aromatic carbocycles. The van der Waals surface area contributed by atoms with E-state index in [4.69, 9.17) is 10.2 Å². The van der Waals surface area contributed by atoms with Crippen molar-refractivity contribution in [1.29, 1.82) is 0 Å². The van der Waals surface area contributed by atoms with Gasteiger partial charge < -0.3 is 14.9 Å². The van der Waals surface area contributed by atoms with Crippen molar-refractivity contribution in [2.75, 3.05) is 6.61 Å². The Kier molecular flexibility index (Phi) is 3.74. The summed E-state index contributed by atoms with van der Waals surface area (Å²) < 4.78 is 40.0. The summed E-state index contributed by atoms with van der Waals surface area (Å²) in [7, 11) is 0. The van der Waals surface area contributed by atoms with Crippen LogP contribution in [0.15, 0.2) is 12.3 Å². The van der Waals surface area contributed by atoms with Gasteiger partial charge in [-0.3, -0.25) is 0 Å². The molecular weight excluding hydrogens is 259 g/mol. The van der Waals surface area contributed by atoms with Gasteiger partial charge in [0.15, 0.2) is 18.1 Å². The summed E-state index contributed by atoms with van der Waals surface area (Å²) in [6.07, 6.45) is -3.96. The van der Waals surface area contributed by atoms with Crippen LogP contribution in [0.25, 0.3) is 0 Å². The molecule has 0 saturated carbocycles. The minimum absolute atomic E-state index is 0.475. The van der Waals surface area contributed by atoms with Gasteiger partial charge in [0, 0.05) is 6.20 Å². The number of carboxylic acids is 2. The average Bonchev–Trinajstić information content (AvgIpc) is 2.24. The Labute approximate surface area is 97.6 Å². The number of pyridine rings is 1. The first-order chi connectivity index (χ1) is 8.20. The van der Waals surface area contributed by atoms with E-state index in [0.717, 1.165) is 0 Å². The van der Waals surface area contributed by atoms with Gasteiger partial charge in [-0.1, -0.05) is 0 Å². The van der Waals surface area contributed by atoms with Crippen molar-refractivity contribution in [3.63, 3.8) is 0 Å². The molecule has 0 aliphatic carbocycles. The molecule has 0 unspecified atom stereocenters. The van der Waals surface area contributed by atoms with Crippen molar-refractivity contribution < 1.29 is 37.7 Å². The number of hydrogen-bond acceptors (Lipinski definition) is 4. The number of carboxylic acid groups (broad SMARTS) is 2. The van der Waals surface area contributed by atoms with Crippen LogP contribution in [0, 0.1) is 0 Å². The molecule has 9 heteroatoms. The Hall–Kier alpha value is -2.32. The molecule has 0 amide bonds. The van der Waals surface area contributed by atoms with Crippen LogP contribution >= 0.6 is 0 Å². The molecule has 0 atom stereocenters. The fraction of sp³-hybridized carbons (Fsp3) is 0.222. The van der Waals surface area contributed by atoms with Crippen LogP contribution in [0.1, 0.15) is 20.8 Å². The number of alkyl halides is 3. The van der Waals surface area contributed by atoms with Crippen molar-refractivity contribution in [3.05, 3.63) is 23.5 Å². The van der Waals surface area contributed by atoms with Gasteiger partial charge in [-0.25, -0.2) is 14.6 Å². The zero-order chi connectivity index (χ0) is 13.9. The van der Waals surface area contributed by atoms with Crippen LogP contribution in [-0.2, 0) is 0 Å². The smallest absolute Gasteiger partial charge is 0.422 e. The first-order valence-electron chi connectivity index (χ1n) is 4.37. The first-order valence-corrected chi connectivity index (χ1v) is 4.37. The lowest BCUT2D eigenvalue weighted by Gasteiger charge is -2.11. The van der Waals surface area contributed by atoms with Crippen LogP contribution in [0.4, 0.5) is 13.2 Å². The lowest BCUT2D eigenvalue weighted by molar-refractivity contribution is -0.153. The summed E-state index contributed by atoms with van der Waals surface area (Å²) in [5.74, 6) is -3.83. The number of nitrogens with zero attached hydrogens (tertiary/aromatic N) is 1. The molecule has 1 rings (SSSR count). The summed E-state index contributed by atoms with van der Waals surface area (Å²) in [5.41, 5.74) is -1.26. The minimum Gasteiger partial charge on any atom is -0.482 e. The molecule has 1 heterocycles. The third-order valence-corrected chi connectivity index (χ3v) is 1.69. The summed E-state index contributed by atoms with van der Waals surface area (Å²) in [4.78, 5) is 24.5. The molecule has 0 fully saturated rings. The number of rotatable bonds is 4. The summed E-state index contributed by atoms with van der Waals surface area (Å²) in [6.45, 7) is -1.74. The van der Waals surface area contributed by atoms with Gasteiger partial charge in [-0.05, 0) is 6.07 Å². The van der Waals surface area contributed by atoms with Gasteiger partial charge >= 0.3 is 18.1 Å². The second kappa shape index (κ2) is 4.90. The van der Waals surface area contributed by atoms with E-state index in [0.29, 0.717) is 12.3 Å². The fourth-order valence-electron chi connectivity index (χ4n) is 0.992. The summed E-state index contributed by atoms with van der Waals surface area (Å²) in [6, 6.07) is 0.671. The number of hydrogen-bond donors (Lipinski definition) is 2. The van der Waals surface area contributed by atoms with E-state index in [9.17, 15) is 22.8 Å². The number of halogens is 3. The SMILES string of the molecule is O=C(O)c1cnc(C(=O)O)c(OCC(F)(F)F)c1. The van der Waals surface area contributed by atoms with Gasteiger partial charge in [-0.15, -0.1) is 0 Å². The predicted octanol–water partition coefficient (Wildman–Crippen LogP) is 1.42. The number of aromatic nitrogens is 1. The molecule has 0 saturated heterocycles. The Morgan fingerprint density at radius 1 is 1.28 bits per heavy atom. The van der Waals surface area contributed by atoms with Crippen LogP contribution in [0.2, 0.25) is 0 Å². The van der Waals surface area contributed by atoms with Gasteiger partial charge in [0.25, 0.3) is 0 Å². The van der Waals surface area contributed by atoms with Crippen molar-refractivity contribution in [2.45, 2.75) is 6.18 Å². The average molecular weight is 265 g/mol. The summed E-state index contributed by atoms with van der Waals surface area (Å²) in [5, 5.41) is 17.3. The van der Waals surface area contributed by atoms with E-state index >= 15 is 0 Å². The topological polar surface area (TPSA) is 96.7 Å². The van der Waals surface area contributed by atoms with Gasteiger partial charge in [0.2, 0.25) is 0 Å². The second-order valence-electron chi connectivity index (χ2n) is 3.08. The molecule has 0 aliphatic heterocycles. The molecule has 2 N–H and O–H groups in total. The highest BCUT2D eigenvalue weighted by Gasteiger charge is 2.29. The highest BCUT2D eigenvalue weighted by Crippen LogP contribution is 2.22. The van der Waals surface area contributed by atoms with Crippen LogP contribution in [0.5, 0.6) is 5.75 Å². The fourth-order valence-corrected chi connectivity index (χ4v) is 0.992. The third-order valence-electron chi connectivity index (χ3n) is 1.69. The van der Waals surface area contributed by atoms with Crippen molar-refractivity contribution >= 4 is 11.9 Å². The van der Waals surface area contributed by atoms with Gasteiger partial charge in [-0.2, -0.15) is 13.2 Å². The van der Waals surface area contributed by atoms with Crippen molar-refractivity contribution in [1.82, 2.24) is 4.98 Å². The Morgan fingerprint density at radius 3 is 2.33 bits per heavy atom. The van der Waals surface area contributed by atoms with E-state index < -0.39 is 41.7 Å². The molecule has 0 radical (unpaired) electrons. The lowest BCUT2D eigenvalue weighted by atomic mass is 10.2. The van der Waals surface area contributed by atoms with E-state index in [2.05, 4.69) is 9.72 Å². The standard InChI is InChI=1S/C9H6F3NO5/c10-9(11,12)3-18-5-1-4(7(14)15)2-13-6(5)8(16)17/h1-2H,3H2,(H,14,15)(H,16,17). The van der Waals surface area contributed by atoms with E-state index in [-0.39, 0.29) is 0 Å². The summed E-state index contributed by atoms with van der Waals surface area (Å²) >= 11 is 0. The van der Waals surface area contributed by atoms with Crippen LogP contribution in [-0.4, -0.2) is 39.9 Å². The van der Waals surface area contributed by atoms with Crippen LogP contribution in [0.3, 0.4) is 0 Å². The molecule has 18 heavy (non-hydrogen) atoms. The lowest BCUT2D eigenvalue weighted by Crippen LogP contribution is -2.21. The van der Waals surface area contributed by atoms with E-state index in [1.54, 1.807) is 0 Å². The number of ether oxygens (including phenoxy) is 1. The highest BCUT2D eigenvalue weighted by atomic mass is 19.4. The maximum Gasteiger partial charge on any atom is 0.422 e. The first kappa shape index (κ1) is 13.7. The number of aromatic carboxylic acids is 2. The Morgan fingerprint density at radius 2 is 1.89 bits per heavy atom. The monoisotopic (exact) mass is 265 g/mol. The maximum absolute atomic E-state index is 11.9. The van der Waals surface area contributed by atoms with Crippen LogP contribution < -0.4 is 4.74 Å². The van der Waals surface area contributed by atoms with Gasteiger partial charge in [0.1, 0.15) is 0 Å². The molecule has 0 bridgehead atoms. The molecular formula is C9H6F3NO5. The van der Waals surface area contributed by atoms with Crippen molar-refractivity contribution in [3.8, 4) is 5.75 Å². The molecule has 1 aromatic rings. The van der Waals surface area contributed by atoms with E-state index in [1.807, 2.05) is 0 Å². The second-order valence-corrected chi connectivity index (χ2v) is 3.08. The molecule has 98 valence electrons. The Balaban J connectivity index is 3.08. The third kappa shape index (κ3) is 3.61. The zero-order valence-corrected chi connectivity index (χ0v) is 8.56. The van der Waals surface area contributed by atoms with Gasteiger partial charge in [0.05, 0.1) is 5.56 Å². The quantitative estimate of drug-likeness (QED) is 0.854. The number of carbonyl (C=O) groups is 2. The van der Waals surface area contributed by atoms with Crippen molar-refractivity contribution in [2.24, 2.45) is 0 Å². The molecule has 1 aromatic heterocycles. The minimum atomic E-state index is -4.67. The predicted molar refractivity (Wildman–Crippen MR) is 49.7 cm³/mol. The molecule has 6 nitrogen and oxygen atoms in total. The van der Waals surface area contributed by atoms with E-state index in [1.165, 1.54) is 0 Å².